The quantitative estimate of drug-likeness (QED) is 0.107. The average molecular weight is 881 g/mol. The van der Waals surface area contributed by atoms with E-state index in [1.807, 2.05) is 0 Å². The summed E-state index contributed by atoms with van der Waals surface area (Å²) in [5, 5.41) is 9.13. The van der Waals surface area contributed by atoms with Gasteiger partial charge in [0.25, 0.3) is 0 Å². The minimum atomic E-state index is -5.29. The molecule has 59 heavy (non-hydrogen) atoms. The third-order valence-electron chi connectivity index (χ3n) is 6.08. The summed E-state index contributed by atoms with van der Waals surface area (Å²) in [5.41, 5.74) is -2.31. The van der Waals surface area contributed by atoms with Crippen molar-refractivity contribution < 1.29 is 127 Å². The van der Waals surface area contributed by atoms with Crippen LogP contribution in [0.3, 0.4) is 0 Å². The number of hydrogen-bond donors (Lipinski definition) is 1. The van der Waals surface area contributed by atoms with Crippen molar-refractivity contribution in [2.75, 3.05) is 21.2 Å². The third-order valence-corrected chi connectivity index (χ3v) is 6.08. The predicted octanol–water partition coefficient (Wildman–Crippen LogP) is 10.3. The van der Waals surface area contributed by atoms with Gasteiger partial charge in [0.2, 0.25) is 0 Å². The molecule has 0 aliphatic heterocycles. The highest BCUT2D eigenvalue weighted by atomic mass is 19.4. The smallest absolute Gasteiger partial charge is 0.493 e. The fourth-order valence-corrected chi connectivity index (χ4v) is 4.11. The highest BCUT2D eigenvalue weighted by Crippen LogP contribution is 2.42. The summed E-state index contributed by atoms with van der Waals surface area (Å²) in [5.74, 6) is -16.4. The number of carbonyl (C=O) groups excluding carboxylic acids is 1. The van der Waals surface area contributed by atoms with Gasteiger partial charge in [0.15, 0.2) is 23.0 Å². The largest absolute Gasteiger partial charge is 0.573 e. The Morgan fingerprint density at radius 2 is 0.847 bits per heavy atom. The van der Waals surface area contributed by atoms with E-state index in [9.17, 15) is 71.1 Å². The lowest BCUT2D eigenvalue weighted by molar-refractivity contribution is -0.275. The predicted molar refractivity (Wildman–Crippen MR) is 164 cm³/mol. The van der Waals surface area contributed by atoms with E-state index in [2.05, 4.69) is 33.2 Å². The zero-order valence-electron chi connectivity index (χ0n) is 34.0. The molecule has 0 unspecified atom stereocenters. The van der Waals surface area contributed by atoms with Crippen LogP contribution in [0.4, 0.5) is 61.5 Å². The fourth-order valence-electron chi connectivity index (χ4n) is 4.11. The Kier molecular flexibility index (Phi) is 11.7. The van der Waals surface area contributed by atoms with Crippen LogP contribution in [-0.2, 0) is 4.74 Å². The Morgan fingerprint density at radius 3 is 1.19 bits per heavy atom. The summed E-state index contributed by atoms with van der Waals surface area (Å²) >= 11 is 0. The molecular weight excluding hydrogens is 854 g/mol. The van der Waals surface area contributed by atoms with Gasteiger partial charge in [0.1, 0.15) is 57.3 Å². The Bertz CT molecular complexity index is 2350. The highest BCUT2D eigenvalue weighted by Gasteiger charge is 2.35. The topological polar surface area (TPSA) is 137 Å². The number of benzene rings is 4. The standard InChI is InChI=1S/C17H11F7O6.C16H9F7O6/c1-26-12-6-8(29-16(19,20)21)3-4-11(12)28-13-7-9(30-17(22,23)24)5-10(18)14(13)15(25)27-2;1-26-11-5-7(28-15(18,19)20)2-3-10(11)27-12-6-8(29-16(21,22)23)4-9(17)13(12)14(24)25/h3-7H,1-2H3;2-6H,1H3,(H,24,25)/i2*1D3. The van der Waals surface area contributed by atoms with Crippen molar-refractivity contribution in [3.8, 4) is 57.5 Å². The maximum Gasteiger partial charge on any atom is 0.573 e. The van der Waals surface area contributed by atoms with Crippen molar-refractivity contribution in [3.63, 3.8) is 0 Å². The minimum Gasteiger partial charge on any atom is -0.493 e. The van der Waals surface area contributed by atoms with Gasteiger partial charge in [-0.1, -0.05) is 0 Å². The monoisotopic (exact) mass is 880 g/mol. The van der Waals surface area contributed by atoms with E-state index < -0.39 is 132 Å². The molecule has 0 spiro atoms. The average Bonchev–Trinajstić information content (AvgIpc) is 3.06. The van der Waals surface area contributed by atoms with Crippen molar-refractivity contribution in [1.82, 2.24) is 0 Å². The second-order valence-corrected chi connectivity index (χ2v) is 10.2. The van der Waals surface area contributed by atoms with Gasteiger partial charge >= 0.3 is 37.4 Å². The van der Waals surface area contributed by atoms with Gasteiger partial charge in [-0.25, -0.2) is 18.4 Å². The number of ether oxygens (including phenoxy) is 9. The number of halogens is 14. The van der Waals surface area contributed by atoms with Crippen LogP contribution in [0.1, 0.15) is 28.9 Å². The van der Waals surface area contributed by atoms with Crippen molar-refractivity contribution in [1.29, 1.82) is 0 Å². The minimum absolute atomic E-state index is 0.101. The molecule has 0 saturated heterocycles. The van der Waals surface area contributed by atoms with E-state index >= 15 is 0 Å². The zero-order chi connectivity index (χ0) is 49.7. The van der Waals surface area contributed by atoms with E-state index in [1.165, 1.54) is 0 Å². The van der Waals surface area contributed by atoms with Crippen molar-refractivity contribution >= 4 is 11.9 Å². The molecule has 12 nitrogen and oxygen atoms in total. The molecule has 0 saturated carbocycles. The van der Waals surface area contributed by atoms with Crippen molar-refractivity contribution in [2.24, 2.45) is 0 Å². The van der Waals surface area contributed by atoms with Gasteiger partial charge < -0.3 is 47.7 Å². The van der Waals surface area contributed by atoms with Gasteiger partial charge in [-0.15, -0.1) is 52.7 Å². The first-order chi connectivity index (χ1) is 29.4. The van der Waals surface area contributed by atoms with Crippen LogP contribution in [0.15, 0.2) is 60.7 Å². The molecule has 26 heteroatoms. The maximum atomic E-state index is 14.4. The molecule has 4 aromatic rings. The van der Waals surface area contributed by atoms with Gasteiger partial charge in [-0.2, -0.15) is 0 Å². The van der Waals surface area contributed by atoms with Gasteiger partial charge in [-0.3, -0.25) is 0 Å². The van der Waals surface area contributed by atoms with Crippen molar-refractivity contribution in [3.05, 3.63) is 83.4 Å². The molecule has 4 aromatic carbocycles. The van der Waals surface area contributed by atoms with Gasteiger partial charge in [0, 0.05) is 36.4 Å². The molecule has 0 radical (unpaired) electrons. The molecule has 0 atom stereocenters. The molecule has 4 rings (SSSR count). The Balaban J connectivity index is 0.000000345. The molecule has 322 valence electrons. The lowest BCUT2D eigenvalue weighted by Crippen LogP contribution is -2.18. The SMILES string of the molecule is [2H]C([2H])([2H])Oc1cc(OC(F)(F)F)ccc1Oc1cc(OC(F)(F)F)cc(F)c1C(=O)O.[2H]C([2H])([2H])Oc1cc(OC(F)(F)F)ccc1Oc1cc(OC(F)(F)F)cc(F)c1C(=O)OC. The van der Waals surface area contributed by atoms with Crippen LogP contribution in [0.2, 0.25) is 0 Å². The lowest BCUT2D eigenvalue weighted by Gasteiger charge is -2.16. The normalized spacial score (nSPS) is 13.6. The Hall–Kier alpha value is -6.76. The maximum absolute atomic E-state index is 14.4. The number of alkyl halides is 12. The van der Waals surface area contributed by atoms with Crippen LogP contribution < -0.4 is 37.9 Å². The molecule has 0 aromatic heterocycles. The summed E-state index contributed by atoms with van der Waals surface area (Å²) < 4.78 is 258. The van der Waals surface area contributed by atoms with E-state index in [0.29, 0.717) is 48.5 Å². The van der Waals surface area contributed by atoms with E-state index in [1.54, 1.807) is 0 Å². The Morgan fingerprint density at radius 1 is 0.508 bits per heavy atom. The zero-order valence-corrected chi connectivity index (χ0v) is 28.0. The first kappa shape index (κ1) is 37.8. The van der Waals surface area contributed by atoms with Crippen LogP contribution >= 0.6 is 0 Å². The molecule has 1 N–H and O–H groups in total. The summed E-state index contributed by atoms with van der Waals surface area (Å²) in [6.07, 6.45) is -20.9. The fraction of sp³-hybridized carbons (Fsp3) is 0.212. The van der Waals surface area contributed by atoms with E-state index in [0.717, 1.165) is 7.11 Å². The number of aromatic carboxylic acids is 1. The number of esters is 1. The van der Waals surface area contributed by atoms with Crippen LogP contribution in [0, 0.1) is 11.6 Å². The first-order valence-corrected chi connectivity index (χ1v) is 14.4. The molecule has 0 amide bonds. The number of rotatable bonds is 12. The molecular formula is C33H20F14O12. The van der Waals surface area contributed by atoms with Gasteiger partial charge in [0.05, 0.1) is 29.4 Å². The summed E-state index contributed by atoms with van der Waals surface area (Å²) in [6, 6.07) is 4.43. The van der Waals surface area contributed by atoms with Crippen LogP contribution in [-0.4, -0.2) is 63.7 Å². The summed E-state index contributed by atoms with van der Waals surface area (Å²) in [7, 11) is -5.66. The number of methoxy groups -OCH3 is 3. The molecule has 0 fully saturated rings. The highest BCUT2D eigenvalue weighted by molar-refractivity contribution is 5.93. The second-order valence-electron chi connectivity index (χ2n) is 10.2. The van der Waals surface area contributed by atoms with E-state index in [4.69, 9.17) is 22.8 Å². The number of hydrogen-bond acceptors (Lipinski definition) is 11. The molecule has 0 aliphatic carbocycles. The van der Waals surface area contributed by atoms with Gasteiger partial charge in [-0.05, 0) is 24.3 Å². The van der Waals surface area contributed by atoms with Crippen LogP contribution in [0.25, 0.3) is 0 Å². The third kappa shape index (κ3) is 14.3. The second kappa shape index (κ2) is 18.2. The molecule has 0 heterocycles. The molecule has 0 aliphatic rings. The number of carboxylic acid groups (broad SMARTS) is 1. The summed E-state index contributed by atoms with van der Waals surface area (Å²) in [4.78, 5) is 23.2. The van der Waals surface area contributed by atoms with E-state index in [-0.39, 0.29) is 12.1 Å². The Labute approximate surface area is 327 Å². The number of carboxylic acids is 1. The van der Waals surface area contributed by atoms with Crippen LogP contribution in [0.5, 0.6) is 57.5 Å². The lowest BCUT2D eigenvalue weighted by atomic mass is 10.1. The van der Waals surface area contributed by atoms with Crippen molar-refractivity contribution in [2.45, 2.75) is 25.4 Å². The number of carbonyl (C=O) groups is 2. The molecule has 0 bridgehead atoms. The first-order valence-electron chi connectivity index (χ1n) is 17.4. The summed E-state index contributed by atoms with van der Waals surface area (Å²) in [6.45, 7) is 0.